The highest BCUT2D eigenvalue weighted by Crippen LogP contribution is 2.37. The molecule has 190 valence electrons. The molecule has 4 rings (SSSR count). The van der Waals surface area contributed by atoms with Crippen LogP contribution in [-0.2, 0) is 11.3 Å². The molecule has 0 radical (unpaired) electrons. The third kappa shape index (κ3) is 5.73. The molecule has 11 nitrogen and oxygen atoms in total. The number of hydrogen-bond donors (Lipinski definition) is 2. The third-order valence-corrected chi connectivity index (χ3v) is 5.26. The van der Waals surface area contributed by atoms with E-state index in [2.05, 4.69) is 25.6 Å². The largest absolute Gasteiger partial charge is 0.491 e. The van der Waals surface area contributed by atoms with Crippen LogP contribution in [0.25, 0.3) is 10.9 Å². The number of amides is 2. The molecule has 2 amide bonds. The number of nitrogens with zero attached hydrogens (tertiary/aromatic N) is 4. The number of fused-ring (bicyclic) bond motifs is 3. The van der Waals surface area contributed by atoms with Crippen LogP contribution in [0.5, 0.6) is 11.5 Å². The van der Waals surface area contributed by atoms with Gasteiger partial charge in [-0.25, -0.2) is 9.78 Å². The number of anilines is 1. The van der Waals surface area contributed by atoms with E-state index >= 15 is 0 Å². The van der Waals surface area contributed by atoms with Gasteiger partial charge in [0.05, 0.1) is 19.3 Å². The Kier molecular flexibility index (Phi) is 7.37. The quantitative estimate of drug-likeness (QED) is 0.480. The van der Waals surface area contributed by atoms with Gasteiger partial charge in [-0.15, -0.1) is 0 Å². The molecule has 0 aliphatic carbocycles. The van der Waals surface area contributed by atoms with E-state index in [0.29, 0.717) is 55.2 Å². The second-order valence-corrected chi connectivity index (χ2v) is 9.12. The monoisotopic (exact) mass is 494 g/mol. The van der Waals surface area contributed by atoms with Gasteiger partial charge in [-0.2, -0.15) is 4.99 Å². The molecule has 1 aliphatic heterocycles. The fourth-order valence-corrected chi connectivity index (χ4v) is 3.75. The number of hydrogen-bond acceptors (Lipinski definition) is 8. The van der Waals surface area contributed by atoms with Crippen molar-refractivity contribution in [3.8, 4) is 11.5 Å². The van der Waals surface area contributed by atoms with Crippen molar-refractivity contribution in [1.82, 2.24) is 19.9 Å². The smallest absolute Gasteiger partial charge is 0.407 e. The Hall–Kier alpha value is -4.15. The van der Waals surface area contributed by atoms with Crippen molar-refractivity contribution < 1.29 is 23.8 Å². The molecule has 0 atom stereocenters. The molecule has 2 N–H and O–H groups in total. The molecule has 3 aromatic rings. The average molecular weight is 495 g/mol. The standard InChI is InChI=1S/C25H30N6O5/c1-25(2,3)36-24(33)28-11-6-14-35-18-9-8-17-19(20(18)34-4)29-23(31-13-12-27-21(17)31)30-22(32)16-7-5-10-26-15-16/h5,7-10,15,27H,6,11-14H2,1-4H3,(H,28,33). The van der Waals surface area contributed by atoms with Crippen molar-refractivity contribution in [1.29, 1.82) is 0 Å². The minimum atomic E-state index is -0.549. The number of carbonyl (C=O) groups excluding carboxylic acids is 2. The van der Waals surface area contributed by atoms with Crippen LogP contribution in [0.4, 0.5) is 10.6 Å². The topological polar surface area (TPSA) is 129 Å². The maximum absolute atomic E-state index is 12.7. The summed E-state index contributed by atoms with van der Waals surface area (Å²) >= 11 is 0. The molecular formula is C25H30N6O5. The zero-order chi connectivity index (χ0) is 25.7. The zero-order valence-electron chi connectivity index (χ0n) is 20.8. The summed E-state index contributed by atoms with van der Waals surface area (Å²) in [6.07, 6.45) is 3.17. The third-order valence-electron chi connectivity index (χ3n) is 5.26. The fourth-order valence-electron chi connectivity index (χ4n) is 3.75. The van der Waals surface area contributed by atoms with E-state index in [4.69, 9.17) is 14.2 Å². The van der Waals surface area contributed by atoms with Gasteiger partial charge in [0.1, 0.15) is 16.9 Å². The molecule has 1 aliphatic rings. The summed E-state index contributed by atoms with van der Waals surface area (Å²) in [5.41, 5.74) is 0.630. The number of benzene rings is 1. The van der Waals surface area contributed by atoms with Crippen molar-refractivity contribution >= 4 is 28.7 Å². The minimum Gasteiger partial charge on any atom is -0.491 e. The predicted octanol–water partition coefficient (Wildman–Crippen LogP) is 2.90. The maximum atomic E-state index is 12.7. The number of ether oxygens (including phenoxy) is 3. The summed E-state index contributed by atoms with van der Waals surface area (Å²) in [6.45, 7) is 7.49. The Balaban J connectivity index is 1.56. The van der Waals surface area contributed by atoms with Crippen LogP contribution in [0.1, 0.15) is 37.6 Å². The zero-order valence-corrected chi connectivity index (χ0v) is 20.8. The number of nitrogens with one attached hydrogen (secondary N) is 2. The number of carbonyl (C=O) groups is 2. The Morgan fingerprint density at radius 2 is 2.08 bits per heavy atom. The molecule has 0 fully saturated rings. The lowest BCUT2D eigenvalue weighted by Gasteiger charge is -2.19. The Morgan fingerprint density at radius 1 is 1.25 bits per heavy atom. The van der Waals surface area contributed by atoms with Gasteiger partial charge in [0.15, 0.2) is 11.5 Å². The molecule has 0 saturated carbocycles. The number of aromatic nitrogens is 3. The van der Waals surface area contributed by atoms with Gasteiger partial charge < -0.3 is 24.8 Å². The van der Waals surface area contributed by atoms with Crippen molar-refractivity contribution in [3.05, 3.63) is 47.8 Å². The highest BCUT2D eigenvalue weighted by Gasteiger charge is 2.21. The second kappa shape index (κ2) is 10.6. The molecule has 11 heteroatoms. The fraction of sp³-hybridized carbons (Fsp3) is 0.400. The van der Waals surface area contributed by atoms with Gasteiger partial charge in [-0.05, 0) is 51.5 Å². The van der Waals surface area contributed by atoms with Crippen molar-refractivity contribution in [3.63, 3.8) is 0 Å². The summed E-state index contributed by atoms with van der Waals surface area (Å²) in [5, 5.41) is 6.88. The van der Waals surface area contributed by atoms with Crippen molar-refractivity contribution in [2.24, 2.45) is 4.99 Å². The number of rotatable bonds is 7. The molecule has 3 heterocycles. The number of alkyl carbamates (subject to hydrolysis) is 1. The van der Waals surface area contributed by atoms with Gasteiger partial charge in [0.25, 0.3) is 5.91 Å². The lowest BCUT2D eigenvalue weighted by molar-refractivity contribution is 0.0525. The van der Waals surface area contributed by atoms with E-state index in [0.717, 1.165) is 11.2 Å². The number of methoxy groups -OCH3 is 1. The van der Waals surface area contributed by atoms with Crippen molar-refractivity contribution in [2.75, 3.05) is 32.1 Å². The van der Waals surface area contributed by atoms with Crippen molar-refractivity contribution in [2.45, 2.75) is 39.3 Å². The van der Waals surface area contributed by atoms with Crippen LogP contribution in [0.3, 0.4) is 0 Å². The summed E-state index contributed by atoms with van der Waals surface area (Å²) in [4.78, 5) is 37.4. The Morgan fingerprint density at radius 3 is 2.81 bits per heavy atom. The van der Waals surface area contributed by atoms with E-state index in [1.54, 1.807) is 25.4 Å². The minimum absolute atomic E-state index is 0.272. The summed E-state index contributed by atoms with van der Waals surface area (Å²) in [6, 6.07) is 7.07. The Bertz CT molecular complexity index is 1330. The highest BCUT2D eigenvalue weighted by atomic mass is 16.6. The number of pyridine rings is 1. The maximum Gasteiger partial charge on any atom is 0.407 e. The van der Waals surface area contributed by atoms with Gasteiger partial charge in [0, 0.05) is 37.4 Å². The second-order valence-electron chi connectivity index (χ2n) is 9.12. The van der Waals surface area contributed by atoms with Gasteiger partial charge >= 0.3 is 6.09 Å². The molecule has 0 saturated heterocycles. The van der Waals surface area contributed by atoms with E-state index in [-0.39, 0.29) is 5.62 Å². The first-order valence-corrected chi connectivity index (χ1v) is 11.7. The van der Waals surface area contributed by atoms with E-state index < -0.39 is 17.6 Å². The average Bonchev–Trinajstić information content (AvgIpc) is 3.33. The van der Waals surface area contributed by atoms with Crippen LogP contribution in [-0.4, -0.2) is 58.9 Å². The summed E-state index contributed by atoms with van der Waals surface area (Å²) in [5.74, 6) is 1.32. The van der Waals surface area contributed by atoms with Gasteiger partial charge in [-0.3, -0.25) is 14.3 Å². The summed E-state index contributed by atoms with van der Waals surface area (Å²) < 4.78 is 18.7. The van der Waals surface area contributed by atoms with E-state index in [1.165, 1.54) is 6.20 Å². The van der Waals surface area contributed by atoms with Gasteiger partial charge in [-0.1, -0.05) is 0 Å². The first-order chi connectivity index (χ1) is 17.3. The van der Waals surface area contributed by atoms with Crippen LogP contribution < -0.4 is 25.7 Å². The SMILES string of the molecule is COc1c(OCCCNC(=O)OC(C)(C)C)ccc2c3n(c(=NC(=O)c4cccnc4)nc12)CCN3. The molecule has 1 aromatic carbocycles. The lowest BCUT2D eigenvalue weighted by atomic mass is 10.2. The first kappa shape index (κ1) is 25.0. The van der Waals surface area contributed by atoms with Crippen LogP contribution in [0.2, 0.25) is 0 Å². The van der Waals surface area contributed by atoms with Crippen LogP contribution in [0.15, 0.2) is 41.7 Å². The lowest BCUT2D eigenvalue weighted by Crippen LogP contribution is -2.33. The van der Waals surface area contributed by atoms with Crippen LogP contribution >= 0.6 is 0 Å². The van der Waals surface area contributed by atoms with Gasteiger partial charge in [0.2, 0.25) is 5.62 Å². The van der Waals surface area contributed by atoms with E-state index in [1.807, 2.05) is 37.5 Å². The van der Waals surface area contributed by atoms with Crippen LogP contribution in [0, 0.1) is 0 Å². The molecule has 0 unspecified atom stereocenters. The first-order valence-electron chi connectivity index (χ1n) is 11.7. The highest BCUT2D eigenvalue weighted by molar-refractivity contribution is 5.96. The van der Waals surface area contributed by atoms with E-state index in [9.17, 15) is 9.59 Å². The molecule has 0 spiro atoms. The summed E-state index contributed by atoms with van der Waals surface area (Å²) in [7, 11) is 1.54. The molecule has 2 aromatic heterocycles. The molecule has 36 heavy (non-hydrogen) atoms. The predicted molar refractivity (Wildman–Crippen MR) is 133 cm³/mol. The molecular weight excluding hydrogens is 464 g/mol. The molecule has 0 bridgehead atoms. The normalized spacial score (nSPS) is 13.2. The Labute approximate surface area is 208 Å².